The van der Waals surface area contributed by atoms with Crippen LogP contribution in [0.25, 0.3) is 11.5 Å². The van der Waals surface area contributed by atoms with Crippen molar-refractivity contribution in [3.05, 3.63) is 29.6 Å². The number of aromatic nitrogens is 2. The van der Waals surface area contributed by atoms with Crippen LogP contribution in [0, 0.1) is 6.92 Å². The molecule has 2 rings (SSSR count). The Morgan fingerprint density at radius 3 is 2.76 bits per heavy atom. The van der Waals surface area contributed by atoms with E-state index in [4.69, 9.17) is 4.52 Å². The summed E-state index contributed by atoms with van der Waals surface area (Å²) in [5.41, 5.74) is 2.55. The average molecular weight is 288 g/mol. The molecule has 0 fully saturated rings. The van der Waals surface area contributed by atoms with Crippen molar-refractivity contribution in [2.75, 3.05) is 26.0 Å². The maximum absolute atomic E-state index is 11.9. The quantitative estimate of drug-likeness (QED) is 0.912. The zero-order valence-electron chi connectivity index (χ0n) is 12.8. The minimum Gasteiger partial charge on any atom is -0.334 e. The number of hydrogen-bond donors (Lipinski definition) is 1. The van der Waals surface area contributed by atoms with Crippen molar-refractivity contribution in [2.45, 2.75) is 20.3 Å². The number of carbonyl (C=O) groups is 1. The molecule has 0 aliphatic rings. The van der Waals surface area contributed by atoms with Gasteiger partial charge in [0.25, 0.3) is 5.89 Å². The molecular formula is C15H20N4O2. The topological polar surface area (TPSA) is 71.3 Å². The molecule has 1 heterocycles. The fourth-order valence-corrected chi connectivity index (χ4v) is 1.88. The third kappa shape index (κ3) is 3.88. The van der Waals surface area contributed by atoms with Crippen LogP contribution >= 0.6 is 0 Å². The summed E-state index contributed by atoms with van der Waals surface area (Å²) in [6, 6.07) is 5.69. The van der Waals surface area contributed by atoms with E-state index in [-0.39, 0.29) is 5.91 Å². The van der Waals surface area contributed by atoms with Crippen LogP contribution in [0.15, 0.2) is 22.7 Å². The molecule has 0 saturated carbocycles. The second kappa shape index (κ2) is 6.49. The van der Waals surface area contributed by atoms with Gasteiger partial charge < -0.3 is 14.7 Å². The lowest BCUT2D eigenvalue weighted by Gasteiger charge is -2.12. The minimum atomic E-state index is -0.0555. The molecule has 0 saturated heterocycles. The molecule has 2 aromatic rings. The molecule has 0 aliphatic heterocycles. The Morgan fingerprint density at radius 2 is 2.14 bits per heavy atom. The van der Waals surface area contributed by atoms with Crippen molar-refractivity contribution in [2.24, 2.45) is 0 Å². The van der Waals surface area contributed by atoms with E-state index >= 15 is 0 Å². The summed E-state index contributed by atoms with van der Waals surface area (Å²) in [4.78, 5) is 18.0. The normalized spacial score (nSPS) is 10.9. The first-order valence-corrected chi connectivity index (χ1v) is 6.87. The Bertz CT molecular complexity index is 634. The van der Waals surface area contributed by atoms with Gasteiger partial charge in [-0.15, -0.1) is 0 Å². The largest absolute Gasteiger partial charge is 0.334 e. The van der Waals surface area contributed by atoms with Crippen LogP contribution in [-0.4, -0.2) is 41.6 Å². The van der Waals surface area contributed by atoms with Gasteiger partial charge in [-0.3, -0.25) is 4.79 Å². The highest BCUT2D eigenvalue weighted by Gasteiger charge is 2.11. The summed E-state index contributed by atoms with van der Waals surface area (Å²) in [6.45, 7) is 4.25. The second-order valence-electron chi connectivity index (χ2n) is 5.18. The second-order valence-corrected chi connectivity index (χ2v) is 5.18. The summed E-state index contributed by atoms with van der Waals surface area (Å²) in [6.07, 6.45) is 0.724. The van der Waals surface area contributed by atoms with Crippen LogP contribution in [0.5, 0.6) is 0 Å². The van der Waals surface area contributed by atoms with Crippen molar-refractivity contribution >= 4 is 11.6 Å². The van der Waals surface area contributed by atoms with Gasteiger partial charge in [0.05, 0.1) is 6.54 Å². The summed E-state index contributed by atoms with van der Waals surface area (Å²) in [5.74, 6) is 1.08. The Morgan fingerprint density at radius 1 is 1.38 bits per heavy atom. The number of benzene rings is 1. The van der Waals surface area contributed by atoms with Crippen molar-refractivity contribution in [1.82, 2.24) is 15.0 Å². The Kier molecular flexibility index (Phi) is 4.70. The minimum absolute atomic E-state index is 0.0555. The van der Waals surface area contributed by atoms with Gasteiger partial charge >= 0.3 is 0 Å². The first kappa shape index (κ1) is 15.2. The highest BCUT2D eigenvalue weighted by Crippen LogP contribution is 2.24. The number of anilines is 1. The number of hydrogen-bond acceptors (Lipinski definition) is 5. The fourth-order valence-electron chi connectivity index (χ4n) is 1.88. The lowest BCUT2D eigenvalue weighted by atomic mass is 10.1. The molecule has 0 atom stereocenters. The molecule has 0 spiro atoms. The summed E-state index contributed by atoms with van der Waals surface area (Å²) >= 11 is 0. The lowest BCUT2D eigenvalue weighted by Crippen LogP contribution is -2.27. The molecule has 1 amide bonds. The summed E-state index contributed by atoms with van der Waals surface area (Å²) < 4.78 is 5.22. The Hall–Kier alpha value is -2.21. The maximum atomic E-state index is 11.9. The molecule has 6 nitrogen and oxygen atoms in total. The van der Waals surface area contributed by atoms with Crippen LogP contribution in [0.1, 0.15) is 18.3 Å². The standard InChI is InChI=1S/C15H20N4O2/c1-5-13-17-15(21-18-13)11-7-6-10(2)12(8-11)16-14(20)9-19(3)4/h6-8H,5,9H2,1-4H3,(H,16,20). The van der Waals surface area contributed by atoms with Crippen molar-refractivity contribution in [3.63, 3.8) is 0 Å². The predicted molar refractivity (Wildman–Crippen MR) is 81.0 cm³/mol. The van der Waals surface area contributed by atoms with E-state index in [1.807, 2.05) is 51.0 Å². The van der Waals surface area contributed by atoms with Gasteiger partial charge in [0.15, 0.2) is 5.82 Å². The van der Waals surface area contributed by atoms with Gasteiger partial charge in [0.2, 0.25) is 5.91 Å². The van der Waals surface area contributed by atoms with E-state index in [9.17, 15) is 4.79 Å². The highest BCUT2D eigenvalue weighted by atomic mass is 16.5. The van der Waals surface area contributed by atoms with Gasteiger partial charge in [0, 0.05) is 17.7 Å². The number of rotatable bonds is 5. The number of aryl methyl sites for hydroxylation is 2. The van der Waals surface area contributed by atoms with Crippen molar-refractivity contribution in [3.8, 4) is 11.5 Å². The fraction of sp³-hybridized carbons (Fsp3) is 0.400. The zero-order chi connectivity index (χ0) is 15.4. The van der Waals surface area contributed by atoms with Crippen LogP contribution in [0.4, 0.5) is 5.69 Å². The van der Waals surface area contributed by atoms with Gasteiger partial charge in [-0.05, 0) is 38.7 Å². The van der Waals surface area contributed by atoms with Crippen LogP contribution in [0.2, 0.25) is 0 Å². The predicted octanol–water partition coefficient (Wildman–Crippen LogP) is 2.11. The van der Waals surface area contributed by atoms with Gasteiger partial charge in [-0.25, -0.2) is 0 Å². The van der Waals surface area contributed by atoms with Crippen molar-refractivity contribution in [1.29, 1.82) is 0 Å². The third-order valence-electron chi connectivity index (χ3n) is 3.00. The molecule has 0 bridgehead atoms. The smallest absolute Gasteiger partial charge is 0.257 e. The summed E-state index contributed by atoms with van der Waals surface area (Å²) in [5, 5.41) is 6.79. The molecule has 1 aromatic carbocycles. The van der Waals surface area contributed by atoms with E-state index < -0.39 is 0 Å². The third-order valence-corrected chi connectivity index (χ3v) is 3.00. The SMILES string of the molecule is CCc1noc(-c2ccc(C)c(NC(=O)CN(C)C)c2)n1. The number of nitrogens with one attached hydrogen (secondary N) is 1. The number of nitrogens with zero attached hydrogens (tertiary/aromatic N) is 3. The van der Waals surface area contributed by atoms with Gasteiger partial charge in [0.1, 0.15) is 0 Å². The number of likely N-dealkylation sites (N-methyl/N-ethyl adjacent to an activating group) is 1. The van der Waals surface area contributed by atoms with E-state index in [2.05, 4.69) is 15.5 Å². The molecule has 6 heteroatoms. The summed E-state index contributed by atoms with van der Waals surface area (Å²) in [7, 11) is 3.71. The molecule has 1 N–H and O–H groups in total. The van der Waals surface area contributed by atoms with Crippen LogP contribution in [-0.2, 0) is 11.2 Å². The van der Waals surface area contributed by atoms with Crippen LogP contribution < -0.4 is 5.32 Å². The molecule has 0 radical (unpaired) electrons. The van der Waals surface area contributed by atoms with E-state index in [1.165, 1.54) is 0 Å². The first-order chi connectivity index (χ1) is 9.99. The van der Waals surface area contributed by atoms with Gasteiger partial charge in [-0.2, -0.15) is 4.98 Å². The number of carbonyl (C=O) groups excluding carboxylic acids is 1. The maximum Gasteiger partial charge on any atom is 0.257 e. The molecule has 21 heavy (non-hydrogen) atoms. The van der Waals surface area contributed by atoms with E-state index in [0.717, 1.165) is 23.2 Å². The van der Waals surface area contributed by atoms with Gasteiger partial charge in [-0.1, -0.05) is 18.1 Å². The van der Waals surface area contributed by atoms with E-state index in [0.29, 0.717) is 18.3 Å². The van der Waals surface area contributed by atoms with E-state index in [1.54, 1.807) is 0 Å². The molecular weight excluding hydrogens is 268 g/mol. The van der Waals surface area contributed by atoms with Crippen molar-refractivity contribution < 1.29 is 9.32 Å². The average Bonchev–Trinajstić information content (AvgIpc) is 2.89. The number of amides is 1. The molecule has 112 valence electrons. The first-order valence-electron chi connectivity index (χ1n) is 6.87. The zero-order valence-corrected chi connectivity index (χ0v) is 12.8. The van der Waals surface area contributed by atoms with Crippen LogP contribution in [0.3, 0.4) is 0 Å². The molecule has 0 unspecified atom stereocenters. The highest BCUT2D eigenvalue weighted by molar-refractivity contribution is 5.93. The Labute approximate surface area is 124 Å². The molecule has 1 aromatic heterocycles. The monoisotopic (exact) mass is 288 g/mol. The lowest BCUT2D eigenvalue weighted by molar-refractivity contribution is -0.116. The Balaban J connectivity index is 2.22. The molecule has 0 aliphatic carbocycles.